The number of hydrogen-bond donors (Lipinski definition) is 0. The van der Waals surface area contributed by atoms with Gasteiger partial charge in [0, 0.05) is 11.1 Å². The van der Waals surface area contributed by atoms with Crippen molar-refractivity contribution >= 4 is 81.2 Å². The summed E-state index contributed by atoms with van der Waals surface area (Å²) in [6, 6.07) is 0. The Balaban J connectivity index is 2.71. The van der Waals surface area contributed by atoms with Gasteiger partial charge in [-0.05, 0) is 0 Å². The molecule has 2 aliphatic rings. The Labute approximate surface area is 132 Å². The van der Waals surface area contributed by atoms with E-state index >= 15 is 0 Å². The highest BCUT2D eigenvalue weighted by atomic mass is 35.5. The molecule has 0 amide bonds. The van der Waals surface area contributed by atoms with Gasteiger partial charge in [-0.25, -0.2) is 0 Å². The Morgan fingerprint density at radius 2 is 0.889 bits per heavy atom. The van der Waals surface area contributed by atoms with Crippen molar-refractivity contribution in [2.24, 2.45) is 0 Å². The quantitative estimate of drug-likeness (QED) is 0.606. The van der Waals surface area contributed by atoms with E-state index in [9.17, 15) is 9.59 Å². The molecule has 0 aromatic carbocycles. The zero-order valence-electron chi connectivity index (χ0n) is 8.24. The maximum Gasteiger partial charge on any atom is 0.198 e. The molecule has 0 bridgehead atoms. The van der Waals surface area contributed by atoms with Crippen LogP contribution in [-0.4, -0.2) is 22.3 Å². The summed E-state index contributed by atoms with van der Waals surface area (Å²) in [5, 5.41) is -2.76. The molecule has 2 nitrogen and oxygen atoms in total. The van der Waals surface area contributed by atoms with Gasteiger partial charge in [-0.15, -0.1) is 23.2 Å². The van der Waals surface area contributed by atoms with Crippen molar-refractivity contribution in [1.29, 1.82) is 0 Å². The van der Waals surface area contributed by atoms with E-state index in [1.165, 1.54) is 0 Å². The van der Waals surface area contributed by atoms with Crippen LogP contribution in [0.1, 0.15) is 0 Å². The highest BCUT2D eigenvalue weighted by molar-refractivity contribution is 6.60. The third-order valence-corrected chi connectivity index (χ3v) is 5.11. The molecule has 2 unspecified atom stereocenters. The van der Waals surface area contributed by atoms with Gasteiger partial charge in [0.15, 0.2) is 11.6 Å². The van der Waals surface area contributed by atoms with Crippen LogP contribution in [0.3, 0.4) is 0 Å². The van der Waals surface area contributed by atoms with Crippen LogP contribution in [0.25, 0.3) is 0 Å². The zero-order valence-corrected chi connectivity index (χ0v) is 12.8. The molecule has 0 aromatic rings. The minimum atomic E-state index is -1.12. The molecule has 0 saturated carbocycles. The van der Waals surface area contributed by atoms with Gasteiger partial charge in [-0.1, -0.05) is 46.4 Å². The fourth-order valence-corrected chi connectivity index (χ4v) is 3.59. The van der Waals surface area contributed by atoms with E-state index in [2.05, 4.69) is 0 Å². The van der Waals surface area contributed by atoms with Crippen LogP contribution in [0.4, 0.5) is 0 Å². The lowest BCUT2D eigenvalue weighted by Gasteiger charge is -2.11. The Kier molecular flexibility index (Phi) is 4.09. The molecule has 0 aromatic heterocycles. The number of Topliss-reactive ketones (excluding diaryl/α,β-unsaturated/α-hetero) is 2. The van der Waals surface area contributed by atoms with Crippen molar-refractivity contribution in [3.63, 3.8) is 0 Å². The first-order valence-corrected chi connectivity index (χ1v) is 6.89. The molecule has 0 aliphatic heterocycles. The van der Waals surface area contributed by atoms with E-state index in [4.69, 9.17) is 69.6 Å². The molecule has 0 saturated heterocycles. The number of rotatable bonds is 0. The van der Waals surface area contributed by atoms with Crippen LogP contribution in [0.15, 0.2) is 31.3 Å². The SMILES string of the molecule is O=C1C(Cl)=C(Cl)/C(=C2\C(Cl)=C(Cl)C(=O)C2Cl)C1Cl. The summed E-state index contributed by atoms with van der Waals surface area (Å²) in [7, 11) is 0. The normalized spacial score (nSPS) is 33.2. The largest absolute Gasteiger partial charge is 0.291 e. The highest BCUT2D eigenvalue weighted by Gasteiger charge is 2.44. The molecule has 2 atom stereocenters. The van der Waals surface area contributed by atoms with Crippen molar-refractivity contribution in [2.45, 2.75) is 10.8 Å². The molecule has 8 heteroatoms. The molecule has 0 heterocycles. The lowest BCUT2D eigenvalue weighted by Crippen LogP contribution is -2.16. The van der Waals surface area contributed by atoms with E-state index in [0.29, 0.717) is 0 Å². The molecular formula is C10H2Cl6O2. The van der Waals surface area contributed by atoms with Crippen LogP contribution < -0.4 is 0 Å². The third-order valence-electron chi connectivity index (χ3n) is 2.55. The zero-order chi connectivity index (χ0) is 13.8. The predicted octanol–water partition coefficient (Wildman–Crippen LogP) is 4.04. The second-order valence-corrected chi connectivity index (χ2v) is 5.92. The van der Waals surface area contributed by atoms with Gasteiger partial charge in [0.1, 0.15) is 20.8 Å². The number of alkyl halides is 2. The van der Waals surface area contributed by atoms with Crippen LogP contribution in [0.2, 0.25) is 0 Å². The molecule has 0 N–H and O–H groups in total. The molecule has 0 spiro atoms. The van der Waals surface area contributed by atoms with Gasteiger partial charge >= 0.3 is 0 Å². The van der Waals surface area contributed by atoms with Gasteiger partial charge in [-0.2, -0.15) is 0 Å². The van der Waals surface area contributed by atoms with Gasteiger partial charge in [0.25, 0.3) is 0 Å². The van der Waals surface area contributed by atoms with Crippen molar-refractivity contribution in [3.8, 4) is 0 Å². The number of carbonyl (C=O) groups is 2. The van der Waals surface area contributed by atoms with Crippen LogP contribution in [-0.2, 0) is 9.59 Å². The van der Waals surface area contributed by atoms with Crippen molar-refractivity contribution in [1.82, 2.24) is 0 Å². The third kappa shape index (κ3) is 1.94. The van der Waals surface area contributed by atoms with E-state index in [0.717, 1.165) is 0 Å². The Bertz CT molecular complexity index is 521. The predicted molar refractivity (Wildman–Crippen MR) is 73.8 cm³/mol. The van der Waals surface area contributed by atoms with Crippen LogP contribution in [0, 0.1) is 0 Å². The Morgan fingerprint density at radius 1 is 0.611 bits per heavy atom. The van der Waals surface area contributed by atoms with Crippen molar-refractivity contribution in [2.75, 3.05) is 0 Å². The smallest absolute Gasteiger partial charge is 0.198 e. The number of halogens is 6. The highest BCUT2D eigenvalue weighted by Crippen LogP contribution is 2.47. The first kappa shape index (κ1) is 14.7. The average molecular weight is 367 g/mol. The van der Waals surface area contributed by atoms with Gasteiger partial charge < -0.3 is 0 Å². The first-order valence-electron chi connectivity index (χ1n) is 4.51. The fourth-order valence-electron chi connectivity index (χ4n) is 1.67. The molecule has 0 fully saturated rings. The summed E-state index contributed by atoms with van der Waals surface area (Å²) >= 11 is 35.1. The molecule has 2 rings (SSSR count). The molecule has 2 aliphatic carbocycles. The molecule has 96 valence electrons. The maximum atomic E-state index is 11.6. The standard InChI is InChI=1S/C10H2Cl6O2/c11-3-1(5(13)9(17)7(3)15)2-4(12)8(16)10(18)6(2)14/h5-6H/b2-1-. The Hall–Kier alpha value is 0.300. The summed E-state index contributed by atoms with van der Waals surface area (Å²) in [4.78, 5) is 23.2. The summed E-state index contributed by atoms with van der Waals surface area (Å²) in [5.41, 5.74) is 0.282. The first-order chi connectivity index (χ1) is 8.29. The van der Waals surface area contributed by atoms with E-state index < -0.39 is 22.3 Å². The van der Waals surface area contributed by atoms with Crippen molar-refractivity contribution < 1.29 is 9.59 Å². The fraction of sp³-hybridized carbons (Fsp3) is 0.200. The second kappa shape index (κ2) is 5.01. The second-order valence-electron chi connectivity index (χ2n) is 3.54. The van der Waals surface area contributed by atoms with E-state index in [-0.39, 0.29) is 31.3 Å². The van der Waals surface area contributed by atoms with Gasteiger partial charge in [0.05, 0.1) is 10.1 Å². The lowest BCUT2D eigenvalue weighted by molar-refractivity contribution is -0.114. The van der Waals surface area contributed by atoms with Gasteiger partial charge in [-0.3, -0.25) is 9.59 Å². The van der Waals surface area contributed by atoms with Gasteiger partial charge in [0.2, 0.25) is 0 Å². The summed E-state index contributed by atoms with van der Waals surface area (Å²) in [5.74, 6) is -1.12. The minimum Gasteiger partial charge on any atom is -0.291 e. The summed E-state index contributed by atoms with van der Waals surface area (Å²) in [6.07, 6.45) is 0. The molecular weight excluding hydrogens is 365 g/mol. The summed E-state index contributed by atoms with van der Waals surface area (Å²) < 4.78 is 0. The minimum absolute atomic E-state index is 0.0559. The average Bonchev–Trinajstić information content (AvgIpc) is 2.64. The van der Waals surface area contributed by atoms with Crippen LogP contribution in [0.5, 0.6) is 0 Å². The molecule has 0 radical (unpaired) electrons. The lowest BCUT2D eigenvalue weighted by atomic mass is 10.1. The number of carbonyl (C=O) groups excluding carboxylic acids is 2. The van der Waals surface area contributed by atoms with E-state index in [1.807, 2.05) is 0 Å². The maximum absolute atomic E-state index is 11.6. The molecule has 18 heavy (non-hydrogen) atoms. The van der Waals surface area contributed by atoms with Crippen LogP contribution >= 0.6 is 69.6 Å². The monoisotopic (exact) mass is 364 g/mol. The topological polar surface area (TPSA) is 34.1 Å². The number of hydrogen-bond acceptors (Lipinski definition) is 2. The van der Waals surface area contributed by atoms with Crippen molar-refractivity contribution in [3.05, 3.63) is 31.3 Å². The number of allylic oxidation sites excluding steroid dienone is 6. The Morgan fingerprint density at radius 3 is 1.06 bits per heavy atom. The summed E-state index contributed by atoms with van der Waals surface area (Å²) in [6.45, 7) is 0. The number of ketones is 2. The van der Waals surface area contributed by atoms with E-state index in [1.54, 1.807) is 0 Å².